The standard InChI is InChI=1S/C17H22N2O2.ClH/c18-17(9-2-1-3-10-17)16(21)19-13-8-7-12-5-4-6-15(20)14(12)11-13;/h7-8,11H,1-6,9-10,18H2,(H,19,21);1H. The second-order valence-electron chi connectivity index (χ2n) is 6.32. The number of carbonyl (C=O) groups excluding carboxylic acids is 2. The van der Waals surface area contributed by atoms with Gasteiger partial charge in [-0.05, 0) is 43.4 Å². The first kappa shape index (κ1) is 17.0. The number of nitrogens with one attached hydrogen (secondary N) is 1. The van der Waals surface area contributed by atoms with Gasteiger partial charge in [0.15, 0.2) is 5.78 Å². The van der Waals surface area contributed by atoms with E-state index in [0.717, 1.165) is 56.1 Å². The highest BCUT2D eigenvalue weighted by atomic mass is 35.5. The van der Waals surface area contributed by atoms with Gasteiger partial charge in [0, 0.05) is 17.7 Å². The number of anilines is 1. The number of hydrogen-bond acceptors (Lipinski definition) is 3. The Kier molecular flexibility index (Phi) is 5.24. The molecule has 0 atom stereocenters. The molecule has 0 bridgehead atoms. The second-order valence-corrected chi connectivity index (χ2v) is 6.32. The van der Waals surface area contributed by atoms with Gasteiger partial charge in [0.2, 0.25) is 5.91 Å². The molecule has 1 amide bonds. The molecule has 1 fully saturated rings. The molecule has 0 aromatic heterocycles. The zero-order valence-electron chi connectivity index (χ0n) is 12.7. The summed E-state index contributed by atoms with van der Waals surface area (Å²) in [6.07, 6.45) is 7.11. The Morgan fingerprint density at radius 3 is 2.55 bits per heavy atom. The lowest BCUT2D eigenvalue weighted by Gasteiger charge is -2.31. The van der Waals surface area contributed by atoms with Crippen molar-refractivity contribution < 1.29 is 9.59 Å². The lowest BCUT2D eigenvalue weighted by atomic mass is 9.82. The summed E-state index contributed by atoms with van der Waals surface area (Å²) in [6, 6.07) is 5.63. The molecule has 0 aliphatic heterocycles. The first-order valence-electron chi connectivity index (χ1n) is 7.85. The molecular formula is C17H23ClN2O2. The first-order valence-corrected chi connectivity index (χ1v) is 7.85. The van der Waals surface area contributed by atoms with Crippen molar-refractivity contribution in [1.29, 1.82) is 0 Å². The van der Waals surface area contributed by atoms with Crippen LogP contribution in [-0.2, 0) is 11.2 Å². The smallest absolute Gasteiger partial charge is 0.244 e. The minimum absolute atomic E-state index is 0. The molecule has 1 saturated carbocycles. The molecule has 0 unspecified atom stereocenters. The summed E-state index contributed by atoms with van der Waals surface area (Å²) in [7, 11) is 0. The van der Waals surface area contributed by atoms with Crippen LogP contribution >= 0.6 is 12.4 Å². The largest absolute Gasteiger partial charge is 0.324 e. The maximum absolute atomic E-state index is 12.4. The maximum Gasteiger partial charge on any atom is 0.244 e. The minimum Gasteiger partial charge on any atom is -0.324 e. The number of hydrogen-bond donors (Lipinski definition) is 2. The highest BCUT2D eigenvalue weighted by Crippen LogP contribution is 2.28. The van der Waals surface area contributed by atoms with Crippen LogP contribution in [0, 0.1) is 0 Å². The van der Waals surface area contributed by atoms with Gasteiger partial charge in [0.05, 0.1) is 5.54 Å². The molecular weight excluding hydrogens is 300 g/mol. The molecule has 1 aromatic carbocycles. The van der Waals surface area contributed by atoms with Gasteiger partial charge in [-0.25, -0.2) is 0 Å². The predicted molar refractivity (Wildman–Crippen MR) is 89.6 cm³/mol. The number of Topliss-reactive ketones (excluding diaryl/α,β-unsaturated/α-hetero) is 1. The van der Waals surface area contributed by atoms with Crippen LogP contribution in [0.1, 0.15) is 60.9 Å². The molecule has 3 rings (SSSR count). The zero-order valence-corrected chi connectivity index (χ0v) is 13.5. The van der Waals surface area contributed by atoms with Crippen LogP contribution < -0.4 is 11.1 Å². The Hall–Kier alpha value is -1.39. The van der Waals surface area contributed by atoms with E-state index in [9.17, 15) is 9.59 Å². The summed E-state index contributed by atoms with van der Waals surface area (Å²) in [5, 5.41) is 2.91. The van der Waals surface area contributed by atoms with Gasteiger partial charge < -0.3 is 11.1 Å². The van der Waals surface area contributed by atoms with E-state index < -0.39 is 5.54 Å². The Labute approximate surface area is 137 Å². The summed E-state index contributed by atoms with van der Waals surface area (Å²) < 4.78 is 0. The van der Waals surface area contributed by atoms with Crippen LogP contribution in [0.3, 0.4) is 0 Å². The lowest BCUT2D eigenvalue weighted by molar-refractivity contribution is -0.122. The van der Waals surface area contributed by atoms with E-state index in [-0.39, 0.29) is 24.1 Å². The van der Waals surface area contributed by atoms with Crippen LogP contribution in [0.25, 0.3) is 0 Å². The van der Waals surface area contributed by atoms with Crippen molar-refractivity contribution >= 4 is 29.8 Å². The maximum atomic E-state index is 12.4. The van der Waals surface area contributed by atoms with Crippen molar-refractivity contribution in [3.63, 3.8) is 0 Å². The number of nitrogens with two attached hydrogens (primary N) is 1. The van der Waals surface area contributed by atoms with Crippen LogP contribution in [0.2, 0.25) is 0 Å². The molecule has 3 N–H and O–H groups in total. The van der Waals surface area contributed by atoms with Crippen molar-refractivity contribution in [3.05, 3.63) is 29.3 Å². The molecule has 22 heavy (non-hydrogen) atoms. The third kappa shape index (κ3) is 3.33. The summed E-state index contributed by atoms with van der Waals surface area (Å²) >= 11 is 0. The van der Waals surface area contributed by atoms with E-state index in [2.05, 4.69) is 5.32 Å². The predicted octanol–water partition coefficient (Wildman–Crippen LogP) is 3.23. The second kappa shape index (κ2) is 6.80. The molecule has 0 spiro atoms. The average molecular weight is 323 g/mol. The van der Waals surface area contributed by atoms with E-state index in [1.54, 1.807) is 6.07 Å². The third-order valence-electron chi connectivity index (χ3n) is 4.72. The van der Waals surface area contributed by atoms with Crippen molar-refractivity contribution in [2.45, 2.75) is 56.9 Å². The van der Waals surface area contributed by atoms with Gasteiger partial charge in [-0.1, -0.05) is 25.3 Å². The number of carbonyl (C=O) groups is 2. The van der Waals surface area contributed by atoms with Crippen molar-refractivity contribution in [2.75, 3.05) is 5.32 Å². The third-order valence-corrected chi connectivity index (χ3v) is 4.72. The van der Waals surface area contributed by atoms with Gasteiger partial charge in [-0.3, -0.25) is 9.59 Å². The molecule has 0 heterocycles. The molecule has 4 nitrogen and oxygen atoms in total. The van der Waals surface area contributed by atoms with Crippen LogP contribution in [0.4, 0.5) is 5.69 Å². The van der Waals surface area contributed by atoms with Crippen molar-refractivity contribution in [2.24, 2.45) is 5.73 Å². The molecule has 2 aliphatic rings. The van der Waals surface area contributed by atoms with Crippen molar-refractivity contribution in [3.8, 4) is 0 Å². The highest BCUT2D eigenvalue weighted by molar-refractivity contribution is 6.02. The number of aryl methyl sites for hydroxylation is 1. The van der Waals surface area contributed by atoms with Gasteiger partial charge in [-0.15, -0.1) is 12.4 Å². The molecule has 1 aromatic rings. The number of rotatable bonds is 2. The number of benzene rings is 1. The number of ketones is 1. The van der Waals surface area contributed by atoms with E-state index >= 15 is 0 Å². The van der Waals surface area contributed by atoms with E-state index in [0.29, 0.717) is 12.1 Å². The lowest BCUT2D eigenvalue weighted by Crippen LogP contribution is -2.52. The summed E-state index contributed by atoms with van der Waals surface area (Å²) in [4.78, 5) is 24.4. The molecule has 2 aliphatic carbocycles. The summed E-state index contributed by atoms with van der Waals surface area (Å²) in [6.45, 7) is 0. The van der Waals surface area contributed by atoms with Gasteiger partial charge in [0.1, 0.15) is 0 Å². The number of fused-ring (bicyclic) bond motifs is 1. The SMILES string of the molecule is Cl.NC1(C(=O)Nc2ccc3c(c2)C(=O)CCC3)CCCCC1. The minimum atomic E-state index is -0.752. The van der Waals surface area contributed by atoms with Crippen LogP contribution in [-0.4, -0.2) is 17.2 Å². The van der Waals surface area contributed by atoms with Gasteiger partial charge >= 0.3 is 0 Å². The number of amides is 1. The quantitative estimate of drug-likeness (QED) is 0.878. The Morgan fingerprint density at radius 2 is 1.82 bits per heavy atom. The van der Waals surface area contributed by atoms with Gasteiger partial charge in [-0.2, -0.15) is 0 Å². The Morgan fingerprint density at radius 1 is 1.09 bits per heavy atom. The Bertz CT molecular complexity index is 580. The zero-order chi connectivity index (χ0) is 14.9. The monoisotopic (exact) mass is 322 g/mol. The van der Waals surface area contributed by atoms with Crippen molar-refractivity contribution in [1.82, 2.24) is 0 Å². The summed E-state index contributed by atoms with van der Waals surface area (Å²) in [5.74, 6) is 0.0536. The average Bonchev–Trinajstić information content (AvgIpc) is 2.49. The van der Waals surface area contributed by atoms with E-state index in [1.165, 1.54) is 0 Å². The molecule has 0 radical (unpaired) electrons. The fraction of sp³-hybridized carbons (Fsp3) is 0.529. The topological polar surface area (TPSA) is 72.2 Å². The summed E-state index contributed by atoms with van der Waals surface area (Å²) in [5.41, 5.74) is 8.01. The molecule has 0 saturated heterocycles. The normalized spacial score (nSPS) is 19.8. The fourth-order valence-electron chi connectivity index (χ4n) is 3.37. The Balaban J connectivity index is 0.00000176. The highest BCUT2D eigenvalue weighted by Gasteiger charge is 2.35. The van der Waals surface area contributed by atoms with Crippen LogP contribution in [0.5, 0.6) is 0 Å². The first-order chi connectivity index (χ1) is 10.1. The van der Waals surface area contributed by atoms with Gasteiger partial charge in [0.25, 0.3) is 0 Å². The molecule has 5 heteroatoms. The fourth-order valence-corrected chi connectivity index (χ4v) is 3.37. The van der Waals surface area contributed by atoms with E-state index in [4.69, 9.17) is 5.73 Å². The number of halogens is 1. The van der Waals surface area contributed by atoms with Crippen LogP contribution in [0.15, 0.2) is 18.2 Å². The van der Waals surface area contributed by atoms with E-state index in [1.807, 2.05) is 12.1 Å². The molecule has 120 valence electrons.